The number of hydrogen-bond acceptors (Lipinski definition) is 4. The van der Waals surface area contributed by atoms with Crippen LogP contribution in [-0.4, -0.2) is 20.2 Å². The van der Waals surface area contributed by atoms with Crippen LogP contribution in [0.2, 0.25) is 0 Å². The van der Waals surface area contributed by atoms with Gasteiger partial charge >= 0.3 is 13.5 Å². The van der Waals surface area contributed by atoms with Gasteiger partial charge in [0.25, 0.3) is 0 Å². The highest BCUT2D eigenvalue weighted by atomic mass is 31.2. The van der Waals surface area contributed by atoms with Gasteiger partial charge < -0.3 is 0 Å². The molecule has 0 aliphatic heterocycles. The zero-order valence-corrected chi connectivity index (χ0v) is 7.42. The summed E-state index contributed by atoms with van der Waals surface area (Å²) in [5, 5.41) is 0. The monoisotopic (exact) mass is 181 g/mol. The molecular formula is C6H14O4P+. The van der Waals surface area contributed by atoms with Gasteiger partial charge in [0.1, 0.15) is 0 Å². The second-order valence-electron chi connectivity index (χ2n) is 2.42. The van der Waals surface area contributed by atoms with Crippen molar-refractivity contribution in [3.63, 3.8) is 0 Å². The van der Waals surface area contributed by atoms with Crippen LogP contribution in [0.1, 0.15) is 32.6 Å². The third-order valence-corrected chi connectivity index (χ3v) is 2.22. The molecule has 5 heteroatoms. The van der Waals surface area contributed by atoms with Gasteiger partial charge in [0.15, 0.2) is 0 Å². The molecule has 0 bridgehead atoms. The van der Waals surface area contributed by atoms with Crippen molar-refractivity contribution in [3.05, 3.63) is 0 Å². The molecule has 0 aromatic heterocycles. The van der Waals surface area contributed by atoms with Crippen molar-refractivity contribution in [2.24, 2.45) is 0 Å². The molecule has 3 N–H and O–H groups in total. The maximum absolute atomic E-state index is 10.6. The van der Waals surface area contributed by atoms with E-state index in [2.05, 4.69) is 0 Å². The Kier molecular flexibility index (Phi) is 4.77. The van der Waals surface area contributed by atoms with Crippen LogP contribution < -0.4 is 0 Å². The summed E-state index contributed by atoms with van der Waals surface area (Å²) in [4.78, 5) is 36.0. The van der Waals surface area contributed by atoms with Gasteiger partial charge in [-0.3, -0.25) is 0 Å². The third kappa shape index (κ3) is 5.27. The van der Waals surface area contributed by atoms with E-state index in [0.717, 1.165) is 12.8 Å². The molecule has 0 saturated heterocycles. The lowest BCUT2D eigenvalue weighted by Gasteiger charge is -2.00. The lowest BCUT2D eigenvalue weighted by molar-refractivity contribution is -0.114. The first-order valence-corrected chi connectivity index (χ1v) is 5.24. The van der Waals surface area contributed by atoms with Crippen LogP contribution in [0.25, 0.3) is 0 Å². The smallest absolute Gasteiger partial charge is 0.244 e. The third-order valence-electron chi connectivity index (χ3n) is 1.33. The van der Waals surface area contributed by atoms with Gasteiger partial charge in [-0.2, -0.15) is 14.7 Å². The predicted molar refractivity (Wildman–Crippen MR) is 42.7 cm³/mol. The Morgan fingerprint density at radius 3 is 2.18 bits per heavy atom. The Labute approximate surface area is 66.5 Å². The van der Waals surface area contributed by atoms with Crippen LogP contribution in [-0.2, 0) is 4.79 Å². The van der Waals surface area contributed by atoms with E-state index >= 15 is 0 Å². The molecule has 0 radical (unpaired) electrons. The second kappa shape index (κ2) is 4.78. The first-order valence-electron chi connectivity index (χ1n) is 3.59. The van der Waals surface area contributed by atoms with Crippen LogP contribution in [0.15, 0.2) is 0 Å². The predicted octanol–water partition coefficient (Wildman–Crippen LogP) is 0.833. The van der Waals surface area contributed by atoms with Crippen molar-refractivity contribution < 1.29 is 19.5 Å². The van der Waals surface area contributed by atoms with Gasteiger partial charge in [-0.15, -0.1) is 0 Å². The normalized spacial score (nSPS) is 11.6. The molecule has 0 saturated carbocycles. The summed E-state index contributed by atoms with van der Waals surface area (Å²) in [6, 6.07) is 0. The molecule has 0 heterocycles. The van der Waals surface area contributed by atoms with Gasteiger partial charge in [-0.25, -0.2) is 4.79 Å². The molecule has 66 valence electrons. The number of rotatable bonds is 5. The summed E-state index contributed by atoms with van der Waals surface area (Å²) in [5.41, 5.74) is -0.828. The summed E-state index contributed by atoms with van der Waals surface area (Å²) in [7, 11) is -4.19. The van der Waals surface area contributed by atoms with Crippen LogP contribution in [0, 0.1) is 0 Å². The first-order chi connectivity index (χ1) is 4.98. The zero-order valence-electron chi connectivity index (χ0n) is 6.53. The topological polar surface area (TPSA) is 77.8 Å². The summed E-state index contributed by atoms with van der Waals surface area (Å²) in [6.07, 6.45) is 2.50. The molecule has 0 amide bonds. The average molecular weight is 181 g/mol. The zero-order chi connectivity index (χ0) is 8.91. The van der Waals surface area contributed by atoms with E-state index in [4.69, 9.17) is 14.7 Å². The van der Waals surface area contributed by atoms with E-state index in [1.165, 1.54) is 0 Å². The minimum Gasteiger partial charge on any atom is -0.244 e. The van der Waals surface area contributed by atoms with Crippen molar-refractivity contribution in [2.75, 3.05) is 0 Å². The van der Waals surface area contributed by atoms with E-state index < -0.39 is 13.5 Å². The summed E-state index contributed by atoms with van der Waals surface area (Å²) < 4.78 is 0. The SMILES string of the molecule is CCCCCC(=O)[P+](O)(O)O. The van der Waals surface area contributed by atoms with Gasteiger partial charge in [0.05, 0.1) is 6.42 Å². The fourth-order valence-corrected chi connectivity index (χ4v) is 1.13. The maximum atomic E-state index is 10.6. The standard InChI is InChI=1S/C6H14O4P/c1-2-3-4-5-6(7)11(8,9)10/h8-10H,2-5H2,1H3/q+1. The van der Waals surface area contributed by atoms with Gasteiger partial charge in [0.2, 0.25) is 0 Å². The lowest BCUT2D eigenvalue weighted by atomic mass is 10.2. The molecule has 0 aliphatic carbocycles. The number of carbonyl (C=O) groups excluding carboxylic acids is 1. The Balaban J connectivity index is 3.54. The summed E-state index contributed by atoms with van der Waals surface area (Å²) in [6.45, 7) is 1.98. The number of hydrogen-bond donors (Lipinski definition) is 3. The van der Waals surface area contributed by atoms with E-state index in [1.807, 2.05) is 6.92 Å². The highest BCUT2D eigenvalue weighted by Gasteiger charge is 2.40. The average Bonchev–Trinajstić information content (AvgIpc) is 1.86. The van der Waals surface area contributed by atoms with E-state index in [0.29, 0.717) is 6.42 Å². The Morgan fingerprint density at radius 1 is 1.27 bits per heavy atom. The van der Waals surface area contributed by atoms with Gasteiger partial charge in [-0.1, -0.05) is 19.8 Å². The number of unbranched alkanes of at least 4 members (excludes halogenated alkanes) is 2. The second-order valence-corrected chi connectivity index (χ2v) is 4.05. The fraction of sp³-hybridized carbons (Fsp3) is 0.833. The van der Waals surface area contributed by atoms with Gasteiger partial charge in [-0.05, 0) is 6.42 Å². The quantitative estimate of drug-likeness (QED) is 0.433. The molecule has 0 atom stereocenters. The minimum atomic E-state index is -4.19. The van der Waals surface area contributed by atoms with Crippen molar-refractivity contribution in [1.29, 1.82) is 0 Å². The van der Waals surface area contributed by atoms with Crippen molar-refractivity contribution in [3.8, 4) is 0 Å². The van der Waals surface area contributed by atoms with Crippen LogP contribution in [0.3, 0.4) is 0 Å². The molecule has 0 aliphatic rings. The molecule has 0 aromatic carbocycles. The first kappa shape index (κ1) is 11.0. The molecule has 0 unspecified atom stereocenters. The van der Waals surface area contributed by atoms with Crippen LogP contribution >= 0.6 is 7.94 Å². The van der Waals surface area contributed by atoms with Crippen molar-refractivity contribution in [1.82, 2.24) is 0 Å². The van der Waals surface area contributed by atoms with Crippen LogP contribution in [0.5, 0.6) is 0 Å². The number of carbonyl (C=O) groups is 1. The van der Waals surface area contributed by atoms with Crippen LogP contribution in [0.4, 0.5) is 0 Å². The molecule has 0 fully saturated rings. The molecule has 0 rings (SSSR count). The Hall–Kier alpha value is -0.0200. The molecular weight excluding hydrogens is 167 g/mol. The molecule has 4 nitrogen and oxygen atoms in total. The Morgan fingerprint density at radius 2 is 1.82 bits per heavy atom. The van der Waals surface area contributed by atoms with Gasteiger partial charge in [0, 0.05) is 0 Å². The largest absolute Gasteiger partial charge is 0.478 e. The summed E-state index contributed by atoms with van der Waals surface area (Å²) >= 11 is 0. The van der Waals surface area contributed by atoms with E-state index in [-0.39, 0.29) is 6.42 Å². The van der Waals surface area contributed by atoms with E-state index in [9.17, 15) is 4.79 Å². The Bertz CT molecular complexity index is 129. The summed E-state index contributed by atoms with van der Waals surface area (Å²) in [5.74, 6) is 0. The molecule has 0 spiro atoms. The van der Waals surface area contributed by atoms with E-state index in [1.54, 1.807) is 0 Å². The highest BCUT2D eigenvalue weighted by Crippen LogP contribution is 2.46. The lowest BCUT2D eigenvalue weighted by Crippen LogP contribution is -2.04. The maximum Gasteiger partial charge on any atom is 0.478 e. The fourth-order valence-electron chi connectivity index (χ4n) is 0.676. The molecule has 11 heavy (non-hydrogen) atoms. The van der Waals surface area contributed by atoms with Crippen molar-refractivity contribution in [2.45, 2.75) is 32.6 Å². The van der Waals surface area contributed by atoms with Crippen molar-refractivity contribution >= 4 is 13.5 Å². The highest BCUT2D eigenvalue weighted by molar-refractivity contribution is 7.76. The minimum absolute atomic E-state index is 0.0606. The molecule has 0 aromatic rings.